The summed E-state index contributed by atoms with van der Waals surface area (Å²) < 4.78 is 14.5. The van der Waals surface area contributed by atoms with Crippen molar-refractivity contribution in [1.29, 1.82) is 0 Å². The monoisotopic (exact) mass is 374 g/mol. The highest BCUT2D eigenvalue weighted by Gasteiger charge is 2.23. The topological polar surface area (TPSA) is 41.5 Å². The first-order valence-corrected chi connectivity index (χ1v) is 9.20. The summed E-state index contributed by atoms with van der Waals surface area (Å²) in [7, 11) is 0. The van der Waals surface area contributed by atoms with Crippen LogP contribution in [0.1, 0.15) is 5.56 Å². The number of amides is 1. The van der Waals surface area contributed by atoms with Crippen molar-refractivity contribution in [2.75, 3.05) is 0 Å². The summed E-state index contributed by atoms with van der Waals surface area (Å²) in [5.74, 6) is -0.556. The van der Waals surface area contributed by atoms with Crippen molar-refractivity contribution in [3.63, 3.8) is 0 Å². The molecule has 0 spiro atoms. The lowest BCUT2D eigenvalue weighted by atomic mass is 10.0. The maximum absolute atomic E-state index is 14.5. The predicted octanol–water partition coefficient (Wildman–Crippen LogP) is 5.38. The Bertz CT molecular complexity index is 1050. The zero-order chi connectivity index (χ0) is 18.6. The molecule has 1 N–H and O–H groups in total. The van der Waals surface area contributed by atoms with Gasteiger partial charge in [-0.05, 0) is 47.2 Å². The molecule has 3 aromatic rings. The average Bonchev–Trinajstić information content (AvgIpc) is 3.02. The second-order valence-electron chi connectivity index (χ2n) is 5.92. The molecule has 3 aromatic carbocycles. The smallest absolute Gasteiger partial charge is 0.264 e. The molecule has 1 amide bonds. The van der Waals surface area contributed by atoms with E-state index in [4.69, 9.17) is 0 Å². The lowest BCUT2D eigenvalue weighted by molar-refractivity contribution is -0.115. The van der Waals surface area contributed by atoms with Crippen LogP contribution in [0.3, 0.4) is 0 Å². The van der Waals surface area contributed by atoms with E-state index in [1.807, 2.05) is 60.7 Å². The number of rotatable bonds is 3. The van der Waals surface area contributed by atoms with E-state index in [2.05, 4.69) is 10.3 Å². The van der Waals surface area contributed by atoms with Crippen molar-refractivity contribution < 1.29 is 9.18 Å². The van der Waals surface area contributed by atoms with Gasteiger partial charge in [-0.15, -0.1) is 0 Å². The second-order valence-corrected chi connectivity index (χ2v) is 6.95. The third-order valence-electron chi connectivity index (χ3n) is 4.01. The molecular weight excluding hydrogens is 359 g/mol. The largest absolute Gasteiger partial charge is 0.300 e. The molecule has 0 aliphatic carbocycles. The minimum atomic E-state index is -0.322. The number of aliphatic imine (C=N–C) groups is 1. The van der Waals surface area contributed by atoms with E-state index >= 15 is 0 Å². The number of para-hydroxylation sites is 1. The van der Waals surface area contributed by atoms with Crippen LogP contribution >= 0.6 is 11.8 Å². The van der Waals surface area contributed by atoms with Crippen LogP contribution in [-0.4, -0.2) is 11.1 Å². The molecule has 1 saturated heterocycles. The van der Waals surface area contributed by atoms with Crippen molar-refractivity contribution in [2.24, 2.45) is 4.99 Å². The molecule has 1 fully saturated rings. The summed E-state index contributed by atoms with van der Waals surface area (Å²) in [5, 5.41) is 3.25. The molecule has 1 aliphatic rings. The normalized spacial score (nSPS) is 16.7. The molecule has 132 valence electrons. The van der Waals surface area contributed by atoms with Gasteiger partial charge in [-0.2, -0.15) is 0 Å². The van der Waals surface area contributed by atoms with Gasteiger partial charge in [0.15, 0.2) is 5.17 Å². The van der Waals surface area contributed by atoms with Gasteiger partial charge in [0.25, 0.3) is 5.91 Å². The van der Waals surface area contributed by atoms with Crippen LogP contribution in [0.25, 0.3) is 17.2 Å². The molecule has 5 heteroatoms. The number of halogens is 1. The van der Waals surface area contributed by atoms with Crippen LogP contribution < -0.4 is 5.32 Å². The molecular formula is C22H15FN2OS. The lowest BCUT2D eigenvalue weighted by Gasteiger charge is -2.04. The van der Waals surface area contributed by atoms with Gasteiger partial charge in [-0.25, -0.2) is 9.38 Å². The molecule has 0 aromatic heterocycles. The van der Waals surface area contributed by atoms with Crippen LogP contribution in [-0.2, 0) is 4.79 Å². The van der Waals surface area contributed by atoms with E-state index < -0.39 is 0 Å². The molecule has 1 aliphatic heterocycles. The molecule has 1 heterocycles. The summed E-state index contributed by atoms with van der Waals surface area (Å²) in [6.45, 7) is 0. The van der Waals surface area contributed by atoms with Crippen molar-refractivity contribution in [3.8, 4) is 11.1 Å². The fraction of sp³-hybridized carbons (Fsp3) is 0. The van der Waals surface area contributed by atoms with Crippen LogP contribution in [0, 0.1) is 5.82 Å². The summed E-state index contributed by atoms with van der Waals surface area (Å²) in [5.41, 5.74) is 2.75. The highest BCUT2D eigenvalue weighted by Crippen LogP contribution is 2.29. The fourth-order valence-corrected chi connectivity index (χ4v) is 3.57. The molecule has 27 heavy (non-hydrogen) atoms. The number of benzene rings is 3. The Morgan fingerprint density at radius 1 is 0.926 bits per heavy atom. The number of nitrogens with one attached hydrogen (secondary N) is 1. The maximum Gasteiger partial charge on any atom is 0.264 e. The highest BCUT2D eigenvalue weighted by molar-refractivity contribution is 8.18. The fourth-order valence-electron chi connectivity index (χ4n) is 2.72. The SMILES string of the molecule is O=C1NC(=Nc2ccccc2)S/C1=C/c1ccc(-c2ccccc2)c(F)c1. The summed E-state index contributed by atoms with van der Waals surface area (Å²) >= 11 is 1.24. The number of amidine groups is 1. The van der Waals surface area contributed by atoms with E-state index in [1.165, 1.54) is 17.8 Å². The Kier molecular flexibility index (Phi) is 4.85. The summed E-state index contributed by atoms with van der Waals surface area (Å²) in [4.78, 5) is 17.1. The van der Waals surface area contributed by atoms with Crippen molar-refractivity contribution in [2.45, 2.75) is 0 Å². The summed E-state index contributed by atoms with van der Waals surface area (Å²) in [6.07, 6.45) is 1.67. The Hall–Kier alpha value is -3.18. The lowest BCUT2D eigenvalue weighted by Crippen LogP contribution is -2.19. The standard InChI is InChI=1S/C22H15FN2OS/c23-19-13-15(11-12-18(19)16-7-3-1-4-8-16)14-20-21(26)25-22(27-20)24-17-9-5-2-6-10-17/h1-14H,(H,24,25,26)/b20-14+. The molecule has 0 unspecified atom stereocenters. The van der Waals surface area contributed by atoms with Crippen molar-refractivity contribution in [1.82, 2.24) is 5.32 Å². The molecule has 0 bridgehead atoms. The minimum Gasteiger partial charge on any atom is -0.300 e. The second kappa shape index (κ2) is 7.60. The summed E-state index contributed by atoms with van der Waals surface area (Å²) in [6, 6.07) is 23.7. The molecule has 0 atom stereocenters. The number of thioether (sulfide) groups is 1. The van der Waals surface area contributed by atoms with E-state index in [-0.39, 0.29) is 11.7 Å². The number of nitrogens with zero attached hydrogens (tertiary/aromatic N) is 1. The minimum absolute atomic E-state index is 0.234. The third kappa shape index (κ3) is 3.99. The Labute approximate surface area is 160 Å². The van der Waals surface area contributed by atoms with E-state index in [1.54, 1.807) is 18.2 Å². The number of hydrogen-bond acceptors (Lipinski definition) is 3. The van der Waals surface area contributed by atoms with Gasteiger partial charge in [0.1, 0.15) is 5.82 Å². The van der Waals surface area contributed by atoms with Gasteiger partial charge in [0.05, 0.1) is 10.6 Å². The molecule has 0 saturated carbocycles. The van der Waals surface area contributed by atoms with E-state index in [0.29, 0.717) is 21.2 Å². The molecule has 3 nitrogen and oxygen atoms in total. The molecule has 4 rings (SSSR count). The van der Waals surface area contributed by atoms with Gasteiger partial charge in [0.2, 0.25) is 0 Å². The van der Waals surface area contributed by atoms with Crippen LogP contribution in [0.4, 0.5) is 10.1 Å². The number of hydrogen-bond donors (Lipinski definition) is 1. The quantitative estimate of drug-likeness (QED) is 0.625. The van der Waals surface area contributed by atoms with Gasteiger partial charge in [0, 0.05) is 5.56 Å². The maximum atomic E-state index is 14.5. The van der Waals surface area contributed by atoms with Crippen LogP contribution in [0.2, 0.25) is 0 Å². The Balaban J connectivity index is 1.58. The zero-order valence-electron chi connectivity index (χ0n) is 14.2. The Morgan fingerprint density at radius 3 is 2.33 bits per heavy atom. The van der Waals surface area contributed by atoms with Gasteiger partial charge >= 0.3 is 0 Å². The average molecular weight is 374 g/mol. The molecule has 0 radical (unpaired) electrons. The van der Waals surface area contributed by atoms with Crippen molar-refractivity contribution >= 4 is 34.6 Å². The first-order chi connectivity index (χ1) is 13.2. The third-order valence-corrected chi connectivity index (χ3v) is 4.92. The van der Waals surface area contributed by atoms with Gasteiger partial charge in [-0.3, -0.25) is 4.79 Å². The highest BCUT2D eigenvalue weighted by atomic mass is 32.2. The van der Waals surface area contributed by atoms with Gasteiger partial charge in [-0.1, -0.05) is 60.7 Å². The number of carbonyl (C=O) groups is 1. The van der Waals surface area contributed by atoms with Gasteiger partial charge < -0.3 is 5.32 Å². The Morgan fingerprint density at radius 2 is 1.63 bits per heavy atom. The van der Waals surface area contributed by atoms with E-state index in [0.717, 1.165) is 11.3 Å². The van der Waals surface area contributed by atoms with Crippen LogP contribution in [0.15, 0.2) is 88.8 Å². The predicted molar refractivity (Wildman–Crippen MR) is 109 cm³/mol. The first-order valence-electron chi connectivity index (χ1n) is 8.39. The zero-order valence-corrected chi connectivity index (χ0v) is 15.0. The van der Waals surface area contributed by atoms with Crippen LogP contribution in [0.5, 0.6) is 0 Å². The first kappa shape index (κ1) is 17.2. The van der Waals surface area contributed by atoms with Crippen molar-refractivity contribution in [3.05, 3.63) is 95.1 Å². The number of carbonyl (C=O) groups excluding carboxylic acids is 1. The van der Waals surface area contributed by atoms with E-state index in [9.17, 15) is 9.18 Å².